The first-order valence-corrected chi connectivity index (χ1v) is 12.9. The monoisotopic (exact) mass is 483 g/mol. The molecule has 2 heterocycles. The zero-order chi connectivity index (χ0) is 23.6. The van der Waals surface area contributed by atoms with Crippen molar-refractivity contribution in [1.82, 2.24) is 9.21 Å². The van der Waals surface area contributed by atoms with E-state index < -0.39 is 10.0 Å². The van der Waals surface area contributed by atoms with Crippen LogP contribution in [0.15, 0.2) is 64.9 Å². The first-order chi connectivity index (χ1) is 15.8. The summed E-state index contributed by atoms with van der Waals surface area (Å²) < 4.78 is 27.5. The van der Waals surface area contributed by atoms with E-state index in [1.54, 1.807) is 53.4 Å². The number of nitrogens with one attached hydrogen (secondary N) is 1. The molecular weight excluding hydrogens is 458 g/mol. The molecule has 0 radical (unpaired) electrons. The minimum absolute atomic E-state index is 0.189. The van der Waals surface area contributed by atoms with Crippen molar-refractivity contribution in [2.75, 3.05) is 31.5 Å². The molecule has 0 atom stereocenters. The number of thiophene rings is 1. The molecule has 1 aliphatic rings. The van der Waals surface area contributed by atoms with Gasteiger partial charge < -0.3 is 10.2 Å². The highest BCUT2D eigenvalue weighted by atomic mass is 32.2. The fourth-order valence-corrected chi connectivity index (χ4v) is 5.79. The Bertz CT molecular complexity index is 1280. The van der Waals surface area contributed by atoms with Gasteiger partial charge >= 0.3 is 0 Å². The summed E-state index contributed by atoms with van der Waals surface area (Å²) in [6.45, 7) is 4.90. The Morgan fingerprint density at radius 1 is 0.909 bits per heavy atom. The number of amides is 2. The highest BCUT2D eigenvalue weighted by Crippen LogP contribution is 2.22. The third-order valence-electron chi connectivity index (χ3n) is 5.75. The van der Waals surface area contributed by atoms with Crippen LogP contribution in [-0.2, 0) is 10.0 Å². The number of anilines is 1. The van der Waals surface area contributed by atoms with Crippen LogP contribution in [0.2, 0.25) is 0 Å². The van der Waals surface area contributed by atoms with E-state index in [-0.39, 0.29) is 29.8 Å². The van der Waals surface area contributed by atoms with Crippen LogP contribution >= 0.6 is 11.3 Å². The van der Waals surface area contributed by atoms with Gasteiger partial charge in [0, 0.05) is 37.4 Å². The van der Waals surface area contributed by atoms with Crippen molar-refractivity contribution in [3.05, 3.63) is 81.5 Å². The minimum atomic E-state index is -3.61. The third kappa shape index (κ3) is 5.00. The van der Waals surface area contributed by atoms with Crippen molar-refractivity contribution < 1.29 is 18.0 Å². The second-order valence-corrected chi connectivity index (χ2v) is 10.8. The van der Waals surface area contributed by atoms with Crippen molar-refractivity contribution in [2.24, 2.45) is 0 Å². The van der Waals surface area contributed by atoms with E-state index in [2.05, 4.69) is 5.32 Å². The molecular formula is C24H25N3O4S2. The van der Waals surface area contributed by atoms with Crippen LogP contribution in [-0.4, -0.2) is 55.6 Å². The Kier molecular flexibility index (Phi) is 6.64. The molecule has 0 spiro atoms. The molecule has 0 saturated carbocycles. The molecule has 0 aliphatic carbocycles. The molecule has 7 nitrogen and oxygen atoms in total. The van der Waals surface area contributed by atoms with Gasteiger partial charge in [0.05, 0.1) is 9.77 Å². The largest absolute Gasteiger partial charge is 0.336 e. The van der Waals surface area contributed by atoms with Gasteiger partial charge in [0.15, 0.2) is 0 Å². The highest BCUT2D eigenvalue weighted by Gasteiger charge is 2.30. The number of hydrogen-bond acceptors (Lipinski definition) is 5. The predicted molar refractivity (Wildman–Crippen MR) is 129 cm³/mol. The molecule has 0 bridgehead atoms. The van der Waals surface area contributed by atoms with Crippen molar-refractivity contribution in [3.63, 3.8) is 0 Å². The van der Waals surface area contributed by atoms with E-state index in [4.69, 9.17) is 0 Å². The molecule has 2 aromatic carbocycles. The molecule has 2 amide bonds. The van der Waals surface area contributed by atoms with Crippen LogP contribution in [0.1, 0.15) is 31.2 Å². The Balaban J connectivity index is 1.41. The lowest BCUT2D eigenvalue weighted by atomic mass is 10.1. The summed E-state index contributed by atoms with van der Waals surface area (Å²) in [7, 11) is -3.61. The summed E-state index contributed by atoms with van der Waals surface area (Å²) in [4.78, 5) is 27.8. The van der Waals surface area contributed by atoms with E-state index >= 15 is 0 Å². The summed E-state index contributed by atoms with van der Waals surface area (Å²) in [5.41, 5.74) is 2.95. The fourth-order valence-electron chi connectivity index (χ4n) is 3.67. The molecule has 4 rings (SSSR count). The summed E-state index contributed by atoms with van der Waals surface area (Å²) in [6.07, 6.45) is 0. The van der Waals surface area contributed by atoms with E-state index in [0.29, 0.717) is 29.2 Å². The van der Waals surface area contributed by atoms with Crippen LogP contribution < -0.4 is 5.32 Å². The van der Waals surface area contributed by atoms with Crippen LogP contribution in [0.3, 0.4) is 0 Å². The van der Waals surface area contributed by atoms with Gasteiger partial charge in [0.1, 0.15) is 0 Å². The smallest absolute Gasteiger partial charge is 0.265 e. The Hall–Kier alpha value is -3.01. The van der Waals surface area contributed by atoms with Gasteiger partial charge in [-0.25, -0.2) is 8.42 Å². The number of hydrogen-bond donors (Lipinski definition) is 1. The molecule has 1 N–H and O–H groups in total. The van der Waals surface area contributed by atoms with E-state index in [9.17, 15) is 18.0 Å². The van der Waals surface area contributed by atoms with Crippen molar-refractivity contribution in [1.29, 1.82) is 0 Å². The number of nitrogens with zero attached hydrogens (tertiary/aromatic N) is 2. The zero-order valence-electron chi connectivity index (χ0n) is 18.4. The van der Waals surface area contributed by atoms with Crippen LogP contribution in [0, 0.1) is 13.8 Å². The average molecular weight is 484 g/mol. The third-order valence-corrected chi connectivity index (χ3v) is 8.52. The van der Waals surface area contributed by atoms with Crippen molar-refractivity contribution in [3.8, 4) is 0 Å². The topological polar surface area (TPSA) is 86.8 Å². The Morgan fingerprint density at radius 2 is 1.67 bits per heavy atom. The normalized spacial score (nSPS) is 14.8. The standard InChI is InChI=1S/C24H25N3O4S2/c1-17-8-9-21(15-18(17)2)33(30,31)27-12-10-26(11-13-27)24(29)19-5-3-6-20(16-19)25-23(28)22-7-4-14-32-22/h3-9,14-16H,10-13H2,1-2H3,(H,25,28). The molecule has 1 saturated heterocycles. The molecule has 172 valence electrons. The van der Waals surface area contributed by atoms with Gasteiger partial charge in [0.2, 0.25) is 10.0 Å². The molecule has 3 aromatic rings. The van der Waals surface area contributed by atoms with E-state index in [1.165, 1.54) is 15.6 Å². The number of carbonyl (C=O) groups is 2. The molecule has 1 aromatic heterocycles. The molecule has 9 heteroatoms. The lowest BCUT2D eigenvalue weighted by Crippen LogP contribution is -2.50. The first kappa shape index (κ1) is 23.2. The van der Waals surface area contributed by atoms with Gasteiger partial charge in [0.25, 0.3) is 11.8 Å². The van der Waals surface area contributed by atoms with Gasteiger partial charge in [-0.05, 0) is 66.8 Å². The molecule has 0 unspecified atom stereocenters. The van der Waals surface area contributed by atoms with Crippen molar-refractivity contribution in [2.45, 2.75) is 18.7 Å². The van der Waals surface area contributed by atoms with Crippen molar-refractivity contribution >= 4 is 38.9 Å². The predicted octanol–water partition coefficient (Wildman–Crippen LogP) is 3.76. The summed E-state index contributed by atoms with van der Waals surface area (Å²) >= 11 is 1.34. The lowest BCUT2D eigenvalue weighted by Gasteiger charge is -2.34. The highest BCUT2D eigenvalue weighted by molar-refractivity contribution is 7.89. The summed E-state index contributed by atoms with van der Waals surface area (Å²) in [6, 6.07) is 15.5. The molecule has 1 fully saturated rings. The summed E-state index contributed by atoms with van der Waals surface area (Å²) in [5.74, 6) is -0.412. The summed E-state index contributed by atoms with van der Waals surface area (Å²) in [5, 5.41) is 4.64. The maximum atomic E-state index is 13.0. The first-order valence-electron chi connectivity index (χ1n) is 10.6. The van der Waals surface area contributed by atoms with Gasteiger partial charge in [-0.15, -0.1) is 11.3 Å². The number of benzene rings is 2. The minimum Gasteiger partial charge on any atom is -0.336 e. The van der Waals surface area contributed by atoms with Crippen LogP contribution in [0.25, 0.3) is 0 Å². The number of sulfonamides is 1. The maximum absolute atomic E-state index is 13.0. The Labute approximate surface area is 197 Å². The fraction of sp³-hybridized carbons (Fsp3) is 0.250. The molecule has 1 aliphatic heterocycles. The second kappa shape index (κ2) is 9.46. The number of carbonyl (C=O) groups excluding carboxylic acids is 2. The maximum Gasteiger partial charge on any atom is 0.265 e. The SMILES string of the molecule is Cc1ccc(S(=O)(=O)N2CCN(C(=O)c3cccc(NC(=O)c4cccs4)c3)CC2)cc1C. The van der Waals surface area contributed by atoms with Gasteiger partial charge in [-0.3, -0.25) is 9.59 Å². The van der Waals surface area contributed by atoms with Crippen LogP contribution in [0.4, 0.5) is 5.69 Å². The average Bonchev–Trinajstić information content (AvgIpc) is 3.36. The van der Waals surface area contributed by atoms with Crippen LogP contribution in [0.5, 0.6) is 0 Å². The van der Waals surface area contributed by atoms with E-state index in [0.717, 1.165) is 11.1 Å². The number of rotatable bonds is 5. The van der Waals surface area contributed by atoms with Gasteiger partial charge in [-0.1, -0.05) is 18.2 Å². The molecule has 33 heavy (non-hydrogen) atoms. The second-order valence-electron chi connectivity index (χ2n) is 7.95. The van der Waals surface area contributed by atoms with E-state index in [1.807, 2.05) is 25.3 Å². The van der Waals surface area contributed by atoms with Gasteiger partial charge in [-0.2, -0.15) is 4.31 Å². The quantitative estimate of drug-likeness (QED) is 0.599. The lowest BCUT2D eigenvalue weighted by molar-refractivity contribution is 0.0697. The number of piperazine rings is 1. The zero-order valence-corrected chi connectivity index (χ0v) is 20.1. The Morgan fingerprint density at radius 3 is 2.33 bits per heavy atom. The number of aryl methyl sites for hydroxylation is 2.